The molecule has 5 rings (SSSR count). The number of sulfonamides is 1. The first-order valence-electron chi connectivity index (χ1n) is 12.6. The number of hydrogen-bond acceptors (Lipinski definition) is 8. The van der Waals surface area contributed by atoms with Gasteiger partial charge < -0.3 is 20.5 Å². The minimum absolute atomic E-state index is 0.209. The molecule has 0 aliphatic rings. The molecule has 0 fully saturated rings. The van der Waals surface area contributed by atoms with E-state index in [4.69, 9.17) is 10.1 Å². The number of nitrogens with one attached hydrogen (secondary N) is 3. The molecule has 2 heterocycles. The van der Waals surface area contributed by atoms with Gasteiger partial charge in [-0.3, -0.25) is 0 Å². The summed E-state index contributed by atoms with van der Waals surface area (Å²) in [6.45, 7) is 4.21. The highest BCUT2D eigenvalue weighted by molar-refractivity contribution is 7.88. The van der Waals surface area contributed by atoms with Gasteiger partial charge in [-0.2, -0.15) is 4.98 Å². The van der Waals surface area contributed by atoms with Crippen molar-refractivity contribution in [3.63, 3.8) is 0 Å². The van der Waals surface area contributed by atoms with Gasteiger partial charge in [0.05, 0.1) is 16.8 Å². The molecule has 0 spiro atoms. The normalized spacial score (nSPS) is 11.4. The quantitative estimate of drug-likeness (QED) is 0.190. The monoisotopic (exact) mass is 542 g/mol. The number of nitrogens with zero attached hydrogens (tertiary/aromatic N) is 4. The van der Waals surface area contributed by atoms with Crippen LogP contribution in [-0.2, 0) is 35.4 Å². The minimum atomic E-state index is -3.57. The van der Waals surface area contributed by atoms with Crippen LogP contribution in [0.3, 0.4) is 0 Å². The van der Waals surface area contributed by atoms with E-state index in [1.807, 2.05) is 18.2 Å². The molecule has 0 radical (unpaired) electrons. The van der Waals surface area contributed by atoms with E-state index in [2.05, 4.69) is 67.7 Å². The molecule has 200 valence electrons. The lowest BCUT2D eigenvalue weighted by Gasteiger charge is -2.10. The van der Waals surface area contributed by atoms with Crippen LogP contribution in [-0.4, -0.2) is 27.9 Å². The van der Waals surface area contributed by atoms with Crippen molar-refractivity contribution >= 4 is 44.5 Å². The second kappa shape index (κ2) is 11.5. The predicted molar refractivity (Wildman–Crippen MR) is 155 cm³/mol. The summed E-state index contributed by atoms with van der Waals surface area (Å²) < 4.78 is 24.7. The third-order valence-corrected chi connectivity index (χ3v) is 6.87. The maximum absolute atomic E-state index is 11.3. The zero-order valence-corrected chi connectivity index (χ0v) is 22.3. The third kappa shape index (κ3) is 6.89. The number of aryl methyl sites for hydroxylation is 1. The van der Waals surface area contributed by atoms with Gasteiger partial charge in [0.2, 0.25) is 21.9 Å². The van der Waals surface area contributed by atoms with Crippen LogP contribution >= 0.6 is 0 Å². The molecule has 2 aromatic heterocycles. The van der Waals surface area contributed by atoms with Crippen LogP contribution in [0.15, 0.2) is 85.1 Å². The molecule has 0 amide bonds. The van der Waals surface area contributed by atoms with Crippen molar-refractivity contribution < 1.29 is 8.42 Å². The van der Waals surface area contributed by atoms with Gasteiger partial charge >= 0.3 is 0 Å². The van der Waals surface area contributed by atoms with E-state index in [1.54, 1.807) is 36.5 Å². The first-order chi connectivity index (χ1) is 18.9. The zero-order chi connectivity index (χ0) is 27.2. The van der Waals surface area contributed by atoms with Gasteiger partial charge in [0.15, 0.2) is 0 Å². The molecule has 5 aromatic rings. The Morgan fingerprint density at radius 2 is 1.59 bits per heavy atom. The molecule has 11 heteroatoms. The molecule has 0 bridgehead atoms. The number of anilines is 4. The fourth-order valence-corrected chi connectivity index (χ4v) is 4.93. The molecule has 0 aliphatic heterocycles. The van der Waals surface area contributed by atoms with Gasteiger partial charge in [-0.05, 0) is 53.9 Å². The van der Waals surface area contributed by atoms with Crippen LogP contribution < -0.4 is 21.1 Å². The Kier molecular flexibility index (Phi) is 7.71. The van der Waals surface area contributed by atoms with E-state index in [1.165, 1.54) is 5.56 Å². The van der Waals surface area contributed by atoms with Gasteiger partial charge in [0.1, 0.15) is 5.82 Å². The van der Waals surface area contributed by atoms with E-state index in [0.29, 0.717) is 30.4 Å². The smallest absolute Gasteiger partial charge is 0.229 e. The van der Waals surface area contributed by atoms with Gasteiger partial charge in [-0.25, -0.2) is 23.5 Å². The molecule has 0 saturated heterocycles. The standard InChI is InChI=1S/C28H30N8O2S/c1-2-36-25-13-10-22(16-24(25)34-28(36)32-17-20-6-4-3-5-7-20)18-31-26-14-15-30-27(35-26)33-23-11-8-21(9-12-23)19-39(29,37)38/h3-16H,2,17-19H2,1H3,(H,32,34)(H2,29,37,38)(H2,30,31,33,35). The number of primary sulfonamides is 1. The topological polar surface area (TPSA) is 140 Å². The van der Waals surface area contributed by atoms with Crippen LogP contribution in [0, 0.1) is 0 Å². The van der Waals surface area contributed by atoms with Crippen LogP contribution in [0.2, 0.25) is 0 Å². The molecule has 0 unspecified atom stereocenters. The van der Waals surface area contributed by atoms with Crippen molar-refractivity contribution in [3.8, 4) is 0 Å². The van der Waals surface area contributed by atoms with Gasteiger partial charge in [0.25, 0.3) is 0 Å². The van der Waals surface area contributed by atoms with Gasteiger partial charge in [0, 0.05) is 31.5 Å². The van der Waals surface area contributed by atoms with E-state index < -0.39 is 10.0 Å². The zero-order valence-electron chi connectivity index (χ0n) is 21.5. The van der Waals surface area contributed by atoms with Crippen LogP contribution in [0.25, 0.3) is 11.0 Å². The molecule has 0 aliphatic carbocycles. The Balaban J connectivity index is 1.23. The SMILES string of the molecule is CCn1c(NCc2ccccc2)nc2cc(CNc3ccnc(Nc4ccc(CS(N)(=O)=O)cc4)n3)ccc21. The number of benzene rings is 3. The number of hydrogen-bond donors (Lipinski definition) is 4. The van der Waals surface area contributed by atoms with Crippen molar-refractivity contribution in [2.45, 2.75) is 32.3 Å². The predicted octanol–water partition coefficient (Wildman–Crippen LogP) is 4.60. The molecule has 5 N–H and O–H groups in total. The molecule has 39 heavy (non-hydrogen) atoms. The summed E-state index contributed by atoms with van der Waals surface area (Å²) in [6.07, 6.45) is 1.67. The van der Waals surface area contributed by atoms with Crippen molar-refractivity contribution in [3.05, 3.63) is 102 Å². The second-order valence-electron chi connectivity index (χ2n) is 9.09. The van der Waals surface area contributed by atoms with Gasteiger partial charge in [-0.15, -0.1) is 0 Å². The van der Waals surface area contributed by atoms with E-state index >= 15 is 0 Å². The molecule has 0 saturated carbocycles. The molecular weight excluding hydrogens is 512 g/mol. The Morgan fingerprint density at radius 1 is 0.846 bits per heavy atom. The van der Waals surface area contributed by atoms with Crippen molar-refractivity contribution in [1.29, 1.82) is 0 Å². The highest BCUT2D eigenvalue weighted by atomic mass is 32.2. The molecule has 0 atom stereocenters. The number of aromatic nitrogens is 4. The van der Waals surface area contributed by atoms with Crippen molar-refractivity contribution in [1.82, 2.24) is 19.5 Å². The summed E-state index contributed by atoms with van der Waals surface area (Å²) in [7, 11) is -3.57. The van der Waals surface area contributed by atoms with Crippen LogP contribution in [0.5, 0.6) is 0 Å². The molecular formula is C28H30N8O2S. The lowest BCUT2D eigenvalue weighted by molar-refractivity contribution is 0.597. The van der Waals surface area contributed by atoms with Crippen molar-refractivity contribution in [2.75, 3.05) is 16.0 Å². The summed E-state index contributed by atoms with van der Waals surface area (Å²) >= 11 is 0. The fraction of sp³-hybridized carbons (Fsp3) is 0.179. The fourth-order valence-electron chi connectivity index (χ4n) is 4.27. The first kappa shape index (κ1) is 26.1. The molecule has 10 nitrogen and oxygen atoms in total. The van der Waals surface area contributed by atoms with Crippen LogP contribution in [0.1, 0.15) is 23.6 Å². The number of rotatable bonds is 11. The Labute approximate surface area is 227 Å². The minimum Gasteiger partial charge on any atom is -0.366 e. The van der Waals surface area contributed by atoms with E-state index in [-0.39, 0.29) is 5.75 Å². The Bertz CT molecular complexity index is 1670. The molecule has 3 aromatic carbocycles. The number of fused-ring (bicyclic) bond motifs is 1. The Morgan fingerprint density at radius 3 is 2.33 bits per heavy atom. The van der Waals surface area contributed by atoms with E-state index in [9.17, 15) is 8.42 Å². The third-order valence-electron chi connectivity index (χ3n) is 6.13. The van der Waals surface area contributed by atoms with Crippen LogP contribution in [0.4, 0.5) is 23.4 Å². The summed E-state index contributed by atoms with van der Waals surface area (Å²) in [4.78, 5) is 13.7. The maximum Gasteiger partial charge on any atom is 0.229 e. The first-order valence-corrected chi connectivity index (χ1v) is 14.3. The number of imidazole rings is 1. The van der Waals surface area contributed by atoms with Gasteiger partial charge in [-0.1, -0.05) is 48.5 Å². The average molecular weight is 543 g/mol. The summed E-state index contributed by atoms with van der Waals surface area (Å²) in [6, 6.07) is 25.3. The lowest BCUT2D eigenvalue weighted by Crippen LogP contribution is -2.14. The summed E-state index contributed by atoms with van der Waals surface area (Å²) in [5, 5.41) is 15.1. The maximum atomic E-state index is 11.3. The average Bonchev–Trinajstić information content (AvgIpc) is 3.28. The highest BCUT2D eigenvalue weighted by Crippen LogP contribution is 2.22. The summed E-state index contributed by atoms with van der Waals surface area (Å²) in [5.74, 6) is 1.73. The van der Waals surface area contributed by atoms with Crippen molar-refractivity contribution in [2.24, 2.45) is 5.14 Å². The summed E-state index contributed by atoms with van der Waals surface area (Å²) in [5.41, 5.74) is 5.65. The Hall–Kier alpha value is -4.48. The number of nitrogens with two attached hydrogens (primary N) is 1. The highest BCUT2D eigenvalue weighted by Gasteiger charge is 2.11. The van der Waals surface area contributed by atoms with E-state index in [0.717, 1.165) is 34.8 Å². The second-order valence-corrected chi connectivity index (χ2v) is 10.7. The largest absolute Gasteiger partial charge is 0.366 e. The lowest BCUT2D eigenvalue weighted by atomic mass is 10.2.